The fourth-order valence-corrected chi connectivity index (χ4v) is 3.35. The highest BCUT2D eigenvalue weighted by Crippen LogP contribution is 2.25. The Bertz CT molecular complexity index is 1450. The van der Waals surface area contributed by atoms with Crippen molar-refractivity contribution in [2.45, 2.75) is 26.3 Å². The molecule has 6 N–H and O–H groups in total. The predicted molar refractivity (Wildman–Crippen MR) is 166 cm³/mol. The molecule has 234 valence electrons. The summed E-state index contributed by atoms with van der Waals surface area (Å²) in [5.41, 5.74) is 6.85. The molecular weight excluding hydrogens is 615 g/mol. The van der Waals surface area contributed by atoms with Crippen molar-refractivity contribution >= 4 is 59.1 Å². The summed E-state index contributed by atoms with van der Waals surface area (Å²) in [5, 5.41) is 28.5. The van der Waals surface area contributed by atoms with Crippen LogP contribution in [0.2, 0.25) is 10.0 Å². The summed E-state index contributed by atoms with van der Waals surface area (Å²) in [7, 11) is 0. The van der Waals surface area contributed by atoms with Gasteiger partial charge in [-0.2, -0.15) is 0 Å². The molecule has 0 aliphatic rings. The maximum Gasteiger partial charge on any atom is 0.337 e. The van der Waals surface area contributed by atoms with Crippen LogP contribution in [0.1, 0.15) is 46.5 Å². The monoisotopic (exact) mass is 646 g/mol. The fraction of sp³-hybridized carbons (Fsp3) is 0.194. The van der Waals surface area contributed by atoms with Crippen LogP contribution in [0.3, 0.4) is 0 Å². The van der Waals surface area contributed by atoms with E-state index in [1.807, 2.05) is 6.92 Å². The maximum atomic E-state index is 11.7. The number of phenols is 1. The van der Waals surface area contributed by atoms with Gasteiger partial charge in [-0.25, -0.2) is 19.2 Å². The number of carbonyl (C=O) groups is 5. The van der Waals surface area contributed by atoms with Gasteiger partial charge in [0.2, 0.25) is 0 Å². The molecule has 0 radical (unpaired) electrons. The third-order valence-corrected chi connectivity index (χ3v) is 6.49. The number of ether oxygens (including phenoxy) is 1. The van der Waals surface area contributed by atoms with Gasteiger partial charge in [0.15, 0.2) is 0 Å². The van der Waals surface area contributed by atoms with Gasteiger partial charge in [0.1, 0.15) is 18.3 Å². The number of aromatic hydroxyl groups is 1. The average molecular weight is 648 g/mol. The van der Waals surface area contributed by atoms with Crippen molar-refractivity contribution < 1.29 is 44.0 Å². The molecule has 0 saturated heterocycles. The highest BCUT2D eigenvalue weighted by molar-refractivity contribution is 6.43. The Labute approximate surface area is 263 Å². The van der Waals surface area contributed by atoms with Gasteiger partial charge in [-0.3, -0.25) is 4.79 Å². The molecule has 11 nitrogen and oxygen atoms in total. The molecule has 0 fully saturated rings. The van der Waals surface area contributed by atoms with Crippen LogP contribution in [-0.2, 0) is 19.1 Å². The second-order valence-corrected chi connectivity index (χ2v) is 9.71. The number of aliphatic carboxylic acids is 1. The number of nitrogens with one attached hydrogen (secondary N) is 1. The second-order valence-electron chi connectivity index (χ2n) is 8.92. The maximum absolute atomic E-state index is 11.7. The number of esters is 2. The Morgan fingerprint density at radius 2 is 1.55 bits per heavy atom. The molecular formula is C31H32Cl2N2O9. The number of amides is 1. The predicted octanol–water partition coefficient (Wildman–Crippen LogP) is 5.04. The van der Waals surface area contributed by atoms with Crippen LogP contribution >= 0.6 is 23.2 Å². The molecule has 0 aromatic heterocycles. The minimum atomic E-state index is -1.07. The van der Waals surface area contributed by atoms with Gasteiger partial charge in [0.25, 0.3) is 5.91 Å². The number of carboxylic acid groups (broad SMARTS) is 2. The lowest BCUT2D eigenvalue weighted by molar-refractivity contribution is -0.160. The molecule has 0 bridgehead atoms. The number of aromatic carboxylic acids is 1. The molecule has 13 heteroatoms. The quantitative estimate of drug-likeness (QED) is 0.119. The Kier molecular flexibility index (Phi) is 16.5. The number of benzene rings is 3. The molecule has 0 unspecified atom stereocenters. The van der Waals surface area contributed by atoms with Crippen LogP contribution in [0.5, 0.6) is 5.75 Å². The zero-order valence-corrected chi connectivity index (χ0v) is 25.3. The van der Waals surface area contributed by atoms with E-state index in [4.69, 9.17) is 44.3 Å². The molecule has 44 heavy (non-hydrogen) atoms. The molecule has 3 aromatic carbocycles. The number of carboxylic acids is 2. The Hall–Kier alpha value is -4.71. The van der Waals surface area contributed by atoms with Crippen molar-refractivity contribution in [1.29, 1.82) is 0 Å². The lowest BCUT2D eigenvalue weighted by Gasteiger charge is -2.15. The molecule has 0 saturated carbocycles. The first-order chi connectivity index (χ1) is 20.8. The van der Waals surface area contributed by atoms with Crippen molar-refractivity contribution in [1.82, 2.24) is 5.32 Å². The third kappa shape index (κ3) is 14.0. The summed E-state index contributed by atoms with van der Waals surface area (Å²) in [6, 6.07) is 18.3. The minimum absolute atomic E-state index is 0.0270. The summed E-state index contributed by atoms with van der Waals surface area (Å²) < 4.78 is 4.60. The van der Waals surface area contributed by atoms with E-state index in [0.29, 0.717) is 12.0 Å². The number of carbonyl (C=O) groups excluding carboxylic acids is 3. The van der Waals surface area contributed by atoms with Crippen molar-refractivity contribution in [2.75, 3.05) is 6.54 Å². The minimum Gasteiger partial charge on any atom is -0.508 e. The number of halogens is 2. The van der Waals surface area contributed by atoms with Crippen molar-refractivity contribution in [3.63, 3.8) is 0 Å². The van der Waals surface area contributed by atoms with Gasteiger partial charge in [0.05, 0.1) is 15.6 Å². The molecule has 0 heterocycles. The van der Waals surface area contributed by atoms with Crippen molar-refractivity contribution in [2.24, 2.45) is 11.7 Å². The first-order valence-corrected chi connectivity index (χ1v) is 13.7. The van der Waals surface area contributed by atoms with Crippen LogP contribution in [0, 0.1) is 5.92 Å². The fourth-order valence-electron chi connectivity index (χ4n) is 2.97. The van der Waals surface area contributed by atoms with Gasteiger partial charge >= 0.3 is 23.9 Å². The standard InChI is InChI=1S/C15H20N2O4.C9H8O3.C7H4Cl2O2/c1-3-10(2)13(16)15(20)21-12(18)9-17-14(19)11-7-5-4-6-8-11;10-8-4-1-7(2-5-8)3-6-9(11)12;8-5-3-1-2-4(6(5)9)7(10)11/h4-8,10,13H,3,9,16H2,1-2H3,(H,17,19);1-6,10H,(H,11,12);1-3H,(H,10,11)/t10-,13-;;/m0../s1. The highest BCUT2D eigenvalue weighted by Gasteiger charge is 2.23. The molecule has 0 aliphatic carbocycles. The van der Waals surface area contributed by atoms with Gasteiger partial charge in [-0.15, -0.1) is 0 Å². The van der Waals surface area contributed by atoms with Crippen LogP contribution in [0.25, 0.3) is 6.08 Å². The molecule has 2 atom stereocenters. The highest BCUT2D eigenvalue weighted by atomic mass is 35.5. The van der Waals surface area contributed by atoms with E-state index in [2.05, 4.69) is 10.1 Å². The molecule has 1 amide bonds. The number of hydrogen-bond acceptors (Lipinski definition) is 8. The van der Waals surface area contributed by atoms with E-state index in [1.54, 1.807) is 49.4 Å². The topological polar surface area (TPSA) is 193 Å². The van der Waals surface area contributed by atoms with Crippen LogP contribution in [0.4, 0.5) is 0 Å². The zero-order chi connectivity index (χ0) is 33.2. The van der Waals surface area contributed by atoms with Crippen molar-refractivity contribution in [3.8, 4) is 5.75 Å². The smallest absolute Gasteiger partial charge is 0.337 e. The van der Waals surface area contributed by atoms with Crippen LogP contribution in [-0.4, -0.2) is 57.7 Å². The van der Waals surface area contributed by atoms with Gasteiger partial charge in [0, 0.05) is 11.6 Å². The normalized spacial score (nSPS) is 11.5. The summed E-state index contributed by atoms with van der Waals surface area (Å²) in [5.74, 6) is -3.98. The summed E-state index contributed by atoms with van der Waals surface area (Å²) in [4.78, 5) is 55.3. The zero-order valence-electron chi connectivity index (χ0n) is 23.8. The molecule has 0 spiro atoms. The number of nitrogens with two attached hydrogens (primary N) is 1. The van der Waals surface area contributed by atoms with E-state index in [-0.39, 0.29) is 33.8 Å². The lowest BCUT2D eigenvalue weighted by Crippen LogP contribution is -2.41. The van der Waals surface area contributed by atoms with Crippen LogP contribution < -0.4 is 11.1 Å². The Morgan fingerprint density at radius 1 is 0.932 bits per heavy atom. The summed E-state index contributed by atoms with van der Waals surface area (Å²) >= 11 is 11.1. The van der Waals surface area contributed by atoms with Gasteiger partial charge in [-0.1, -0.05) is 79.9 Å². The van der Waals surface area contributed by atoms with Gasteiger partial charge < -0.3 is 31.1 Å². The molecule has 0 aliphatic heterocycles. The second kappa shape index (κ2) is 19.5. The summed E-state index contributed by atoms with van der Waals surface area (Å²) in [6.45, 7) is 3.31. The van der Waals surface area contributed by atoms with E-state index >= 15 is 0 Å². The third-order valence-electron chi connectivity index (χ3n) is 5.67. The van der Waals surface area contributed by atoms with E-state index < -0.39 is 35.8 Å². The average Bonchev–Trinajstić information content (AvgIpc) is 3.01. The van der Waals surface area contributed by atoms with Crippen LogP contribution in [0.15, 0.2) is 78.9 Å². The first kappa shape index (κ1) is 37.3. The molecule has 3 rings (SSSR count). The van der Waals surface area contributed by atoms with E-state index in [9.17, 15) is 24.0 Å². The largest absolute Gasteiger partial charge is 0.508 e. The Balaban J connectivity index is 0.000000357. The first-order valence-electron chi connectivity index (χ1n) is 13.0. The van der Waals surface area contributed by atoms with E-state index in [1.165, 1.54) is 36.4 Å². The number of rotatable bonds is 9. The van der Waals surface area contributed by atoms with Gasteiger partial charge in [-0.05, 0) is 54.0 Å². The molecule has 3 aromatic rings. The van der Waals surface area contributed by atoms with E-state index in [0.717, 1.165) is 11.6 Å². The SMILES string of the molecule is CC[C@H](C)[C@H](N)C(=O)OC(=O)CNC(=O)c1ccccc1.O=C(O)C=Cc1ccc(O)cc1.O=C(O)c1cccc(Cl)c1Cl. The van der Waals surface area contributed by atoms with Crippen molar-refractivity contribution in [3.05, 3.63) is 106 Å². The Morgan fingerprint density at radius 3 is 2.07 bits per heavy atom. The number of hydrogen-bond donors (Lipinski definition) is 5. The lowest BCUT2D eigenvalue weighted by atomic mass is 10.0. The number of phenolic OH excluding ortho intramolecular Hbond substituents is 1. The summed E-state index contributed by atoms with van der Waals surface area (Å²) in [6.07, 6.45) is 3.21.